The summed E-state index contributed by atoms with van der Waals surface area (Å²) in [6.07, 6.45) is 5.56. The number of piperidine rings is 1. The molecule has 1 aromatic rings. The van der Waals surface area contributed by atoms with Gasteiger partial charge < -0.3 is 10.2 Å². The molecule has 1 saturated heterocycles. The summed E-state index contributed by atoms with van der Waals surface area (Å²) in [5.74, 6) is 1.18. The third-order valence-electron chi connectivity index (χ3n) is 5.03. The lowest BCUT2D eigenvalue weighted by atomic mass is 9.96. The molecule has 3 heterocycles. The standard InChI is InChI=1S/C17H27N5O2/c1-3-22-16(19-20(2)17(22)24)14-5-4-10-21(12-14)15(23)11-13-6-8-18-9-7-13/h6,14,18H,3-5,7-12H2,1-2H3. The zero-order valence-electron chi connectivity index (χ0n) is 14.6. The molecule has 1 atom stereocenters. The third-order valence-corrected chi connectivity index (χ3v) is 5.03. The maximum Gasteiger partial charge on any atom is 0.345 e. The predicted molar refractivity (Wildman–Crippen MR) is 91.9 cm³/mol. The first-order chi connectivity index (χ1) is 11.6. The van der Waals surface area contributed by atoms with Crippen molar-refractivity contribution in [2.45, 2.75) is 45.1 Å². The van der Waals surface area contributed by atoms with Gasteiger partial charge in [0.05, 0.1) is 0 Å². The molecule has 1 aromatic heterocycles. The Kier molecular flexibility index (Phi) is 5.18. The van der Waals surface area contributed by atoms with Crippen LogP contribution < -0.4 is 11.0 Å². The van der Waals surface area contributed by atoms with Crippen LogP contribution in [0.2, 0.25) is 0 Å². The number of carbonyl (C=O) groups excluding carboxylic acids is 1. The Labute approximate surface area is 142 Å². The molecule has 24 heavy (non-hydrogen) atoms. The summed E-state index contributed by atoms with van der Waals surface area (Å²) in [4.78, 5) is 26.7. The fraction of sp³-hybridized carbons (Fsp3) is 0.706. The number of aryl methyl sites for hydroxylation is 1. The van der Waals surface area contributed by atoms with Gasteiger partial charge in [0.2, 0.25) is 5.91 Å². The Bertz CT molecular complexity index is 688. The van der Waals surface area contributed by atoms with Gasteiger partial charge in [0.1, 0.15) is 5.82 Å². The molecule has 132 valence electrons. The van der Waals surface area contributed by atoms with Crippen LogP contribution in [0.3, 0.4) is 0 Å². The van der Waals surface area contributed by atoms with E-state index in [0.717, 1.165) is 44.7 Å². The van der Waals surface area contributed by atoms with E-state index in [1.54, 1.807) is 11.6 Å². The molecule has 0 aliphatic carbocycles. The molecule has 2 aliphatic rings. The van der Waals surface area contributed by atoms with E-state index in [1.165, 1.54) is 10.3 Å². The van der Waals surface area contributed by atoms with Crippen LogP contribution in [0.15, 0.2) is 16.4 Å². The largest absolute Gasteiger partial charge is 0.345 e. The first-order valence-electron chi connectivity index (χ1n) is 8.90. The highest BCUT2D eigenvalue weighted by Gasteiger charge is 2.29. The van der Waals surface area contributed by atoms with Crippen LogP contribution in [0.1, 0.15) is 44.3 Å². The van der Waals surface area contributed by atoms with Crippen molar-refractivity contribution in [2.75, 3.05) is 26.2 Å². The highest BCUT2D eigenvalue weighted by Crippen LogP contribution is 2.26. The van der Waals surface area contributed by atoms with E-state index in [-0.39, 0.29) is 17.5 Å². The number of nitrogens with zero attached hydrogens (tertiary/aromatic N) is 4. The number of rotatable bonds is 4. The monoisotopic (exact) mass is 333 g/mol. The van der Waals surface area contributed by atoms with Gasteiger partial charge in [-0.05, 0) is 32.7 Å². The van der Waals surface area contributed by atoms with Crippen LogP contribution in [0.4, 0.5) is 0 Å². The first kappa shape index (κ1) is 17.0. The highest BCUT2D eigenvalue weighted by atomic mass is 16.2. The lowest BCUT2D eigenvalue weighted by Crippen LogP contribution is -2.40. The van der Waals surface area contributed by atoms with Gasteiger partial charge in [0, 0.05) is 45.6 Å². The molecule has 0 spiro atoms. The zero-order valence-corrected chi connectivity index (χ0v) is 14.6. The molecular weight excluding hydrogens is 306 g/mol. The molecular formula is C17H27N5O2. The number of nitrogens with one attached hydrogen (secondary N) is 1. The first-order valence-corrected chi connectivity index (χ1v) is 8.90. The molecule has 1 fully saturated rings. The number of hydrogen-bond donors (Lipinski definition) is 1. The Morgan fingerprint density at radius 1 is 1.46 bits per heavy atom. The molecule has 0 aromatic carbocycles. The van der Waals surface area contributed by atoms with Crippen molar-refractivity contribution in [2.24, 2.45) is 7.05 Å². The van der Waals surface area contributed by atoms with Crippen LogP contribution in [-0.4, -0.2) is 51.3 Å². The molecule has 0 radical (unpaired) electrons. The van der Waals surface area contributed by atoms with Gasteiger partial charge >= 0.3 is 5.69 Å². The maximum atomic E-state index is 12.6. The van der Waals surface area contributed by atoms with E-state index in [2.05, 4.69) is 16.5 Å². The second-order valence-corrected chi connectivity index (χ2v) is 6.68. The number of hydrogen-bond acceptors (Lipinski definition) is 4. The van der Waals surface area contributed by atoms with Crippen molar-refractivity contribution >= 4 is 5.91 Å². The van der Waals surface area contributed by atoms with Gasteiger partial charge in [-0.3, -0.25) is 9.36 Å². The van der Waals surface area contributed by atoms with E-state index >= 15 is 0 Å². The van der Waals surface area contributed by atoms with Crippen molar-refractivity contribution < 1.29 is 4.79 Å². The molecule has 7 heteroatoms. The van der Waals surface area contributed by atoms with E-state index in [9.17, 15) is 9.59 Å². The molecule has 3 rings (SSSR count). The predicted octanol–water partition coefficient (Wildman–Crippen LogP) is 0.618. The normalized spacial score (nSPS) is 21.7. The smallest absolute Gasteiger partial charge is 0.342 e. The second-order valence-electron chi connectivity index (χ2n) is 6.68. The van der Waals surface area contributed by atoms with Crippen molar-refractivity contribution in [1.82, 2.24) is 24.6 Å². The summed E-state index contributed by atoms with van der Waals surface area (Å²) in [5, 5.41) is 7.70. The van der Waals surface area contributed by atoms with Gasteiger partial charge in [0.25, 0.3) is 0 Å². The molecule has 0 saturated carbocycles. The molecule has 7 nitrogen and oxygen atoms in total. The lowest BCUT2D eigenvalue weighted by molar-refractivity contribution is -0.131. The summed E-state index contributed by atoms with van der Waals surface area (Å²) in [7, 11) is 1.69. The van der Waals surface area contributed by atoms with Gasteiger partial charge in [-0.15, -0.1) is 0 Å². The van der Waals surface area contributed by atoms with E-state index in [4.69, 9.17) is 0 Å². The number of aromatic nitrogens is 3. The molecule has 1 unspecified atom stereocenters. The van der Waals surface area contributed by atoms with Crippen molar-refractivity contribution in [1.29, 1.82) is 0 Å². The fourth-order valence-corrected chi connectivity index (χ4v) is 3.67. The van der Waals surface area contributed by atoms with Gasteiger partial charge in [-0.2, -0.15) is 5.10 Å². The van der Waals surface area contributed by atoms with E-state index < -0.39 is 0 Å². The summed E-state index contributed by atoms with van der Waals surface area (Å²) in [6, 6.07) is 0. The molecule has 0 bridgehead atoms. The van der Waals surface area contributed by atoms with Crippen molar-refractivity contribution in [3.8, 4) is 0 Å². The minimum absolute atomic E-state index is 0.0733. The Morgan fingerprint density at radius 2 is 2.29 bits per heavy atom. The van der Waals surface area contributed by atoms with Crippen LogP contribution in [0.25, 0.3) is 0 Å². The van der Waals surface area contributed by atoms with Crippen LogP contribution in [-0.2, 0) is 18.4 Å². The maximum absolute atomic E-state index is 12.6. The quantitative estimate of drug-likeness (QED) is 0.820. The SMILES string of the molecule is CCn1c(C2CCCN(C(=O)CC3=CCNCC3)C2)nn(C)c1=O. The van der Waals surface area contributed by atoms with Gasteiger partial charge in [-0.25, -0.2) is 9.48 Å². The summed E-state index contributed by atoms with van der Waals surface area (Å²) in [6.45, 7) is 5.87. The molecule has 1 amide bonds. The lowest BCUT2D eigenvalue weighted by Gasteiger charge is -2.32. The average molecular weight is 333 g/mol. The van der Waals surface area contributed by atoms with Crippen LogP contribution >= 0.6 is 0 Å². The summed E-state index contributed by atoms with van der Waals surface area (Å²) >= 11 is 0. The number of likely N-dealkylation sites (tertiary alicyclic amines) is 1. The van der Waals surface area contributed by atoms with E-state index in [1.807, 2.05) is 11.8 Å². The summed E-state index contributed by atoms with van der Waals surface area (Å²) in [5.41, 5.74) is 1.17. The highest BCUT2D eigenvalue weighted by molar-refractivity contribution is 5.79. The Hall–Kier alpha value is -1.89. The van der Waals surface area contributed by atoms with E-state index in [0.29, 0.717) is 19.5 Å². The van der Waals surface area contributed by atoms with Gasteiger partial charge in [0.15, 0.2) is 0 Å². The number of carbonyl (C=O) groups is 1. The van der Waals surface area contributed by atoms with Crippen molar-refractivity contribution in [3.05, 3.63) is 28.0 Å². The second kappa shape index (κ2) is 7.34. The van der Waals surface area contributed by atoms with Crippen LogP contribution in [0.5, 0.6) is 0 Å². The van der Waals surface area contributed by atoms with Gasteiger partial charge in [-0.1, -0.05) is 11.6 Å². The minimum atomic E-state index is -0.0733. The van der Waals surface area contributed by atoms with Crippen molar-refractivity contribution in [3.63, 3.8) is 0 Å². The summed E-state index contributed by atoms with van der Waals surface area (Å²) < 4.78 is 3.13. The minimum Gasteiger partial charge on any atom is -0.342 e. The molecule has 2 aliphatic heterocycles. The average Bonchev–Trinajstić information content (AvgIpc) is 2.90. The third kappa shape index (κ3) is 3.45. The topological polar surface area (TPSA) is 72.2 Å². The molecule has 1 N–H and O–H groups in total. The zero-order chi connectivity index (χ0) is 17.1. The fourth-order valence-electron chi connectivity index (χ4n) is 3.67. The van der Waals surface area contributed by atoms with Crippen LogP contribution in [0, 0.1) is 0 Å². The Balaban J connectivity index is 1.70. The Morgan fingerprint density at radius 3 is 3.00 bits per heavy atom. The number of amides is 1.